The maximum absolute atomic E-state index is 13.5. The minimum Gasteiger partial charge on any atom is -0.432 e. The minimum absolute atomic E-state index is 0.183. The number of nitrogen functional groups attached to an aromatic ring is 1. The van der Waals surface area contributed by atoms with Crippen molar-refractivity contribution in [1.82, 2.24) is 0 Å². The maximum Gasteiger partial charge on any atom is 0.387 e. The van der Waals surface area contributed by atoms with E-state index < -0.39 is 18.2 Å². The van der Waals surface area contributed by atoms with Crippen LogP contribution in [-0.2, 0) is 0 Å². The van der Waals surface area contributed by atoms with Gasteiger partial charge in [-0.3, -0.25) is 0 Å². The molecule has 0 spiro atoms. The Morgan fingerprint density at radius 2 is 1.95 bits per heavy atom. The molecule has 0 radical (unpaired) electrons. The molecule has 108 valence electrons. The predicted molar refractivity (Wildman–Crippen MR) is 70.2 cm³/mol. The molecule has 0 fully saturated rings. The zero-order valence-corrected chi connectivity index (χ0v) is 11.5. The summed E-state index contributed by atoms with van der Waals surface area (Å²) >= 11 is 0. The third kappa shape index (κ3) is 3.45. The van der Waals surface area contributed by atoms with E-state index in [0.29, 0.717) is 5.69 Å². The lowest BCUT2D eigenvalue weighted by Gasteiger charge is -2.37. The summed E-state index contributed by atoms with van der Waals surface area (Å²) in [7, 11) is 1.78. The number of alkyl halides is 2. The van der Waals surface area contributed by atoms with Gasteiger partial charge in [-0.15, -0.1) is 0 Å². The van der Waals surface area contributed by atoms with Crippen LogP contribution in [-0.4, -0.2) is 19.2 Å². The van der Waals surface area contributed by atoms with Gasteiger partial charge in [-0.25, -0.2) is 4.39 Å². The van der Waals surface area contributed by atoms with E-state index in [4.69, 9.17) is 5.73 Å². The van der Waals surface area contributed by atoms with Crippen molar-refractivity contribution in [1.29, 1.82) is 0 Å². The van der Waals surface area contributed by atoms with Crippen LogP contribution in [0, 0.1) is 5.82 Å². The highest BCUT2D eigenvalue weighted by molar-refractivity contribution is 5.70. The molecule has 1 aromatic rings. The van der Waals surface area contributed by atoms with Crippen LogP contribution in [0.3, 0.4) is 0 Å². The molecule has 1 rings (SSSR count). The lowest BCUT2D eigenvalue weighted by atomic mass is 9.99. The number of halogens is 3. The van der Waals surface area contributed by atoms with E-state index in [1.54, 1.807) is 7.05 Å². The molecular formula is C13H19F3N2O. The fourth-order valence-corrected chi connectivity index (χ4v) is 1.60. The van der Waals surface area contributed by atoms with E-state index in [1.807, 2.05) is 25.7 Å². The van der Waals surface area contributed by atoms with Crippen LogP contribution >= 0.6 is 0 Å². The highest BCUT2D eigenvalue weighted by atomic mass is 19.3. The number of ether oxygens (including phenoxy) is 1. The molecule has 3 nitrogen and oxygen atoms in total. The van der Waals surface area contributed by atoms with Crippen molar-refractivity contribution in [3.05, 3.63) is 17.9 Å². The molecule has 0 aliphatic rings. The first-order valence-electron chi connectivity index (χ1n) is 5.96. The normalized spacial score (nSPS) is 11.8. The number of rotatable bonds is 5. The molecule has 0 bridgehead atoms. The Hall–Kier alpha value is -1.59. The summed E-state index contributed by atoms with van der Waals surface area (Å²) in [4.78, 5) is 1.82. The number of nitrogens with two attached hydrogens (primary N) is 1. The van der Waals surface area contributed by atoms with Crippen molar-refractivity contribution in [2.75, 3.05) is 17.7 Å². The molecule has 2 N–H and O–H groups in total. The quantitative estimate of drug-likeness (QED) is 0.834. The van der Waals surface area contributed by atoms with E-state index in [1.165, 1.54) is 6.07 Å². The third-order valence-corrected chi connectivity index (χ3v) is 3.43. The zero-order valence-electron chi connectivity index (χ0n) is 11.5. The second-order valence-electron chi connectivity index (χ2n) is 4.94. The summed E-state index contributed by atoms with van der Waals surface area (Å²) in [6.45, 7) is 2.87. The molecule has 19 heavy (non-hydrogen) atoms. The molecule has 0 aromatic heterocycles. The molecule has 0 atom stereocenters. The molecular weight excluding hydrogens is 257 g/mol. The molecule has 0 unspecified atom stereocenters. The first kappa shape index (κ1) is 15.5. The van der Waals surface area contributed by atoms with Crippen LogP contribution in [0.25, 0.3) is 0 Å². The van der Waals surface area contributed by atoms with Gasteiger partial charge in [0.1, 0.15) is 0 Å². The molecule has 0 heterocycles. The largest absolute Gasteiger partial charge is 0.432 e. The Morgan fingerprint density at radius 3 is 2.42 bits per heavy atom. The Bertz CT molecular complexity index is 450. The van der Waals surface area contributed by atoms with Crippen molar-refractivity contribution < 1.29 is 17.9 Å². The molecule has 0 saturated carbocycles. The van der Waals surface area contributed by atoms with Crippen LogP contribution in [0.1, 0.15) is 27.2 Å². The van der Waals surface area contributed by atoms with E-state index in [0.717, 1.165) is 12.5 Å². The van der Waals surface area contributed by atoms with E-state index in [2.05, 4.69) is 4.74 Å². The minimum atomic E-state index is -3.07. The van der Waals surface area contributed by atoms with Gasteiger partial charge in [0.25, 0.3) is 0 Å². The van der Waals surface area contributed by atoms with Crippen LogP contribution in [0.4, 0.5) is 24.5 Å². The van der Waals surface area contributed by atoms with Crippen molar-refractivity contribution in [2.24, 2.45) is 0 Å². The van der Waals surface area contributed by atoms with Gasteiger partial charge in [0.05, 0.1) is 11.4 Å². The number of anilines is 2. The summed E-state index contributed by atoms with van der Waals surface area (Å²) in [5.41, 5.74) is 6.15. The van der Waals surface area contributed by atoms with Crippen molar-refractivity contribution in [2.45, 2.75) is 39.3 Å². The average molecular weight is 276 g/mol. The van der Waals surface area contributed by atoms with Crippen LogP contribution in [0.15, 0.2) is 12.1 Å². The number of hydrogen-bond acceptors (Lipinski definition) is 3. The summed E-state index contributed by atoms with van der Waals surface area (Å²) in [5, 5.41) is 0. The first-order chi connectivity index (χ1) is 8.69. The second-order valence-corrected chi connectivity index (χ2v) is 4.94. The van der Waals surface area contributed by atoms with Gasteiger partial charge < -0.3 is 15.4 Å². The molecule has 0 amide bonds. The van der Waals surface area contributed by atoms with E-state index in [9.17, 15) is 13.2 Å². The standard InChI is InChI=1S/C13H19F3N2O/c1-5-13(2,3)18(4)10-7-11(19-12(15)16)8(14)6-9(10)17/h6-7,12H,5,17H2,1-4H3. The predicted octanol–water partition coefficient (Wildman–Crippen LogP) is 3.63. The number of hydrogen-bond donors (Lipinski definition) is 1. The van der Waals surface area contributed by atoms with Gasteiger partial charge in [-0.05, 0) is 20.3 Å². The van der Waals surface area contributed by atoms with Gasteiger partial charge >= 0.3 is 6.61 Å². The molecule has 6 heteroatoms. The first-order valence-corrected chi connectivity index (χ1v) is 5.96. The summed E-state index contributed by atoms with van der Waals surface area (Å²) in [5.74, 6) is -1.40. The summed E-state index contributed by atoms with van der Waals surface area (Å²) < 4.78 is 42.0. The highest BCUT2D eigenvalue weighted by Gasteiger charge is 2.24. The van der Waals surface area contributed by atoms with E-state index in [-0.39, 0.29) is 11.2 Å². The van der Waals surface area contributed by atoms with Gasteiger partial charge in [0.15, 0.2) is 11.6 Å². The van der Waals surface area contributed by atoms with Gasteiger partial charge in [-0.1, -0.05) is 6.92 Å². The van der Waals surface area contributed by atoms with Crippen molar-refractivity contribution in [3.63, 3.8) is 0 Å². The Labute approximate surface area is 111 Å². The number of benzene rings is 1. The monoisotopic (exact) mass is 276 g/mol. The Kier molecular flexibility index (Phi) is 4.55. The fourth-order valence-electron chi connectivity index (χ4n) is 1.60. The number of nitrogens with zero attached hydrogens (tertiary/aromatic N) is 1. The smallest absolute Gasteiger partial charge is 0.387 e. The lowest BCUT2D eigenvalue weighted by Crippen LogP contribution is -2.40. The third-order valence-electron chi connectivity index (χ3n) is 3.43. The summed E-state index contributed by atoms with van der Waals surface area (Å²) in [6, 6.07) is 2.20. The molecule has 1 aromatic carbocycles. The average Bonchev–Trinajstić information content (AvgIpc) is 2.31. The highest BCUT2D eigenvalue weighted by Crippen LogP contribution is 2.35. The van der Waals surface area contributed by atoms with Gasteiger partial charge in [0, 0.05) is 24.7 Å². The second kappa shape index (κ2) is 5.59. The van der Waals surface area contributed by atoms with Crippen LogP contribution in [0.2, 0.25) is 0 Å². The molecule has 0 saturated heterocycles. The SMILES string of the molecule is CCC(C)(C)N(C)c1cc(OC(F)F)c(F)cc1N. The van der Waals surface area contributed by atoms with Crippen molar-refractivity contribution >= 4 is 11.4 Å². The molecule has 0 aliphatic carbocycles. The fraction of sp³-hybridized carbons (Fsp3) is 0.538. The van der Waals surface area contributed by atoms with Crippen molar-refractivity contribution in [3.8, 4) is 5.75 Å². The Morgan fingerprint density at radius 1 is 1.37 bits per heavy atom. The Balaban J connectivity index is 3.21. The summed E-state index contributed by atoms with van der Waals surface area (Å²) in [6.07, 6.45) is 0.811. The van der Waals surface area contributed by atoms with Gasteiger partial charge in [-0.2, -0.15) is 8.78 Å². The molecule has 0 aliphatic heterocycles. The topological polar surface area (TPSA) is 38.5 Å². The zero-order chi connectivity index (χ0) is 14.8. The lowest BCUT2D eigenvalue weighted by molar-refractivity contribution is -0.0521. The van der Waals surface area contributed by atoms with Crippen LogP contribution < -0.4 is 15.4 Å². The van der Waals surface area contributed by atoms with E-state index >= 15 is 0 Å². The van der Waals surface area contributed by atoms with Gasteiger partial charge in [0.2, 0.25) is 0 Å². The van der Waals surface area contributed by atoms with Crippen LogP contribution in [0.5, 0.6) is 5.75 Å². The maximum atomic E-state index is 13.5.